The molecule has 0 radical (unpaired) electrons. The Kier molecular flexibility index (Phi) is 5.85. The molecular weight excluding hydrogens is 302 g/mol. The van der Waals surface area contributed by atoms with E-state index in [-0.39, 0.29) is 5.06 Å². The third-order valence-electron chi connectivity index (χ3n) is 3.34. The molecule has 1 N–H and O–H groups in total. The summed E-state index contributed by atoms with van der Waals surface area (Å²) in [5.41, 5.74) is 0. The maximum atomic E-state index is 11.9. The lowest BCUT2D eigenvalue weighted by Crippen LogP contribution is -2.38. The number of hydrogen-bond acceptors (Lipinski definition) is 6. The minimum atomic E-state index is -4.70. The summed E-state index contributed by atoms with van der Waals surface area (Å²) < 4.78 is 30.8. The highest BCUT2D eigenvalue weighted by molar-refractivity contribution is 7.87. The van der Waals surface area contributed by atoms with Gasteiger partial charge >= 0.3 is 5.97 Å². The van der Waals surface area contributed by atoms with E-state index in [1.165, 1.54) is 0 Å². The van der Waals surface area contributed by atoms with Gasteiger partial charge in [-0.15, -0.1) is 5.06 Å². The van der Waals surface area contributed by atoms with Crippen LogP contribution in [-0.2, 0) is 29.3 Å². The molecule has 0 aromatic rings. The summed E-state index contributed by atoms with van der Waals surface area (Å²) in [6.07, 6.45) is 2.00. The predicted molar refractivity (Wildman–Crippen MR) is 71.2 cm³/mol. The number of hydrogen-bond donors (Lipinski definition) is 1. The number of unbranched alkanes of at least 4 members (excludes halogenated alkanes) is 1. The van der Waals surface area contributed by atoms with Gasteiger partial charge in [0.05, 0.1) is 12.3 Å². The van der Waals surface area contributed by atoms with Crippen molar-refractivity contribution in [3.63, 3.8) is 0 Å². The summed E-state index contributed by atoms with van der Waals surface area (Å²) in [5.74, 6) is -3.40. The summed E-state index contributed by atoms with van der Waals surface area (Å²) in [6.45, 7) is 3.73. The molecule has 0 aromatic heterocycles. The van der Waals surface area contributed by atoms with Crippen LogP contribution < -0.4 is 0 Å². The maximum absolute atomic E-state index is 11.9. The van der Waals surface area contributed by atoms with E-state index in [4.69, 9.17) is 9.39 Å². The summed E-state index contributed by atoms with van der Waals surface area (Å²) >= 11 is 0. The lowest BCUT2D eigenvalue weighted by molar-refractivity contribution is -0.200. The van der Waals surface area contributed by atoms with Crippen molar-refractivity contribution in [2.45, 2.75) is 51.2 Å². The molecule has 2 unspecified atom stereocenters. The van der Waals surface area contributed by atoms with Crippen molar-refractivity contribution in [3.05, 3.63) is 0 Å². The van der Waals surface area contributed by atoms with Crippen molar-refractivity contribution < 1.29 is 32.2 Å². The monoisotopic (exact) mass is 321 g/mol. The highest BCUT2D eigenvalue weighted by atomic mass is 32.2. The molecular formula is C12H19NO7S. The van der Waals surface area contributed by atoms with Gasteiger partial charge in [-0.05, 0) is 12.8 Å². The van der Waals surface area contributed by atoms with E-state index in [0.717, 1.165) is 12.8 Å². The Hall–Kier alpha value is -1.48. The van der Waals surface area contributed by atoms with Crippen LogP contribution in [-0.4, -0.2) is 41.1 Å². The molecule has 0 saturated carbocycles. The fourth-order valence-electron chi connectivity index (χ4n) is 2.01. The van der Waals surface area contributed by atoms with Gasteiger partial charge in [-0.25, -0.2) is 4.79 Å². The van der Waals surface area contributed by atoms with Crippen molar-refractivity contribution >= 4 is 27.9 Å². The molecule has 2 atom stereocenters. The van der Waals surface area contributed by atoms with Gasteiger partial charge < -0.3 is 4.84 Å². The first-order valence-electron chi connectivity index (χ1n) is 6.77. The second-order valence-corrected chi connectivity index (χ2v) is 6.49. The fraction of sp³-hybridized carbons (Fsp3) is 0.750. The Morgan fingerprint density at radius 3 is 2.48 bits per heavy atom. The van der Waals surface area contributed by atoms with E-state index in [1.807, 2.05) is 6.92 Å². The van der Waals surface area contributed by atoms with Crippen molar-refractivity contribution in [2.24, 2.45) is 5.92 Å². The second kappa shape index (κ2) is 6.99. The molecule has 1 fully saturated rings. The molecule has 21 heavy (non-hydrogen) atoms. The first kappa shape index (κ1) is 17.6. The summed E-state index contributed by atoms with van der Waals surface area (Å²) in [7, 11) is -4.70. The van der Waals surface area contributed by atoms with Gasteiger partial charge in [-0.2, -0.15) is 8.42 Å². The number of nitrogens with zero attached hydrogens (tertiary/aromatic N) is 1. The van der Waals surface area contributed by atoms with Crippen LogP contribution in [0.5, 0.6) is 0 Å². The van der Waals surface area contributed by atoms with Crippen LogP contribution in [0.15, 0.2) is 0 Å². The van der Waals surface area contributed by atoms with Crippen LogP contribution in [0.2, 0.25) is 0 Å². The lowest BCUT2D eigenvalue weighted by atomic mass is 10.00. The average molecular weight is 321 g/mol. The van der Waals surface area contributed by atoms with Gasteiger partial charge in [0, 0.05) is 0 Å². The van der Waals surface area contributed by atoms with Crippen LogP contribution in [0.25, 0.3) is 0 Å². The van der Waals surface area contributed by atoms with Crippen molar-refractivity contribution in [1.29, 1.82) is 0 Å². The predicted octanol–water partition coefficient (Wildman–Crippen LogP) is 0.676. The summed E-state index contributed by atoms with van der Waals surface area (Å²) in [4.78, 5) is 39.9. The van der Waals surface area contributed by atoms with E-state index < -0.39 is 45.5 Å². The zero-order chi connectivity index (χ0) is 16.2. The van der Waals surface area contributed by atoms with E-state index in [9.17, 15) is 22.8 Å². The van der Waals surface area contributed by atoms with Crippen LogP contribution in [0, 0.1) is 5.92 Å². The summed E-state index contributed by atoms with van der Waals surface area (Å²) in [5, 5.41) is -1.75. The molecule has 0 bridgehead atoms. The van der Waals surface area contributed by atoms with Crippen LogP contribution in [0.3, 0.4) is 0 Å². The minimum Gasteiger partial charge on any atom is -0.330 e. The highest BCUT2D eigenvalue weighted by Gasteiger charge is 2.48. The molecule has 120 valence electrons. The highest BCUT2D eigenvalue weighted by Crippen LogP contribution is 2.22. The second-order valence-electron chi connectivity index (χ2n) is 4.89. The molecule has 1 rings (SSSR count). The van der Waals surface area contributed by atoms with Crippen LogP contribution in [0.1, 0.15) is 46.0 Å². The standard InChI is InChI=1S/C12H19NO7S/c1-3-5-6-8(4-2)12(16)20-13-10(14)7-9(11(13)15)21(17,18)19/h8-9H,3-7H2,1-2H3,(H,17,18,19). The number of carbonyl (C=O) groups excluding carboxylic acids is 3. The van der Waals surface area contributed by atoms with Gasteiger partial charge in [0.25, 0.3) is 21.9 Å². The SMILES string of the molecule is CCCCC(CC)C(=O)ON1C(=O)CC(S(=O)(=O)O)C1=O. The van der Waals surface area contributed by atoms with E-state index in [0.29, 0.717) is 12.8 Å². The molecule has 1 heterocycles. The van der Waals surface area contributed by atoms with Gasteiger partial charge in [0.2, 0.25) is 0 Å². The molecule has 0 aromatic carbocycles. The Bertz CT molecular complexity index is 528. The minimum absolute atomic E-state index is 0.148. The third-order valence-corrected chi connectivity index (χ3v) is 4.42. The topological polar surface area (TPSA) is 118 Å². The Balaban J connectivity index is 2.76. The first-order valence-corrected chi connectivity index (χ1v) is 8.27. The third kappa shape index (κ3) is 4.24. The Morgan fingerprint density at radius 2 is 2.05 bits per heavy atom. The average Bonchev–Trinajstić information content (AvgIpc) is 2.67. The molecule has 9 heteroatoms. The molecule has 1 aliphatic heterocycles. The Labute approximate surface area is 123 Å². The molecule has 8 nitrogen and oxygen atoms in total. The van der Waals surface area contributed by atoms with E-state index in [1.54, 1.807) is 6.92 Å². The van der Waals surface area contributed by atoms with Crippen LogP contribution >= 0.6 is 0 Å². The number of rotatable bonds is 7. The van der Waals surface area contributed by atoms with Crippen LogP contribution in [0.4, 0.5) is 0 Å². The molecule has 0 spiro atoms. The lowest BCUT2D eigenvalue weighted by Gasteiger charge is -2.18. The maximum Gasteiger partial charge on any atom is 0.336 e. The molecule has 1 saturated heterocycles. The first-order chi connectivity index (χ1) is 9.72. The van der Waals surface area contributed by atoms with Gasteiger partial charge in [-0.1, -0.05) is 26.7 Å². The molecule has 0 aliphatic carbocycles. The van der Waals surface area contributed by atoms with Crippen molar-refractivity contribution in [2.75, 3.05) is 0 Å². The number of hydroxylamine groups is 2. The van der Waals surface area contributed by atoms with E-state index >= 15 is 0 Å². The molecule has 1 aliphatic rings. The molecule has 2 amide bonds. The zero-order valence-electron chi connectivity index (χ0n) is 11.9. The van der Waals surface area contributed by atoms with Gasteiger partial charge in [-0.3, -0.25) is 14.1 Å². The number of imide groups is 1. The Morgan fingerprint density at radius 1 is 1.43 bits per heavy atom. The fourth-order valence-corrected chi connectivity index (χ4v) is 2.72. The normalized spacial score (nSPS) is 20.7. The van der Waals surface area contributed by atoms with Crippen molar-refractivity contribution in [3.8, 4) is 0 Å². The summed E-state index contributed by atoms with van der Waals surface area (Å²) in [6, 6.07) is 0. The van der Waals surface area contributed by atoms with E-state index in [2.05, 4.69) is 0 Å². The largest absolute Gasteiger partial charge is 0.336 e. The number of amides is 2. The van der Waals surface area contributed by atoms with Gasteiger partial charge in [0.15, 0.2) is 5.25 Å². The number of carbonyl (C=O) groups is 3. The van der Waals surface area contributed by atoms with Gasteiger partial charge in [0.1, 0.15) is 0 Å². The quantitative estimate of drug-likeness (QED) is 0.541. The zero-order valence-corrected chi connectivity index (χ0v) is 12.8. The van der Waals surface area contributed by atoms with Crippen molar-refractivity contribution in [1.82, 2.24) is 5.06 Å². The smallest absolute Gasteiger partial charge is 0.330 e.